The Labute approximate surface area is 136 Å². The van der Waals surface area contributed by atoms with Crippen molar-refractivity contribution in [2.24, 2.45) is 7.05 Å². The summed E-state index contributed by atoms with van der Waals surface area (Å²) >= 11 is 0. The number of carbonyl (C=O) groups excluding carboxylic acids is 2. The third kappa shape index (κ3) is 3.73. The Kier molecular flexibility index (Phi) is 4.97. The van der Waals surface area contributed by atoms with E-state index in [1.807, 2.05) is 39.7 Å². The number of aromatic nitrogens is 1. The SMILES string of the molecule is Cn1cccc1C(=O)N1CCN(C(=O)CN2CCOCC2)CC1. The number of hydrogen-bond donors (Lipinski definition) is 0. The number of hydrogen-bond acceptors (Lipinski definition) is 4. The molecule has 0 spiro atoms. The van der Waals surface area contributed by atoms with Gasteiger partial charge in [0.05, 0.1) is 19.8 Å². The second kappa shape index (κ2) is 7.14. The van der Waals surface area contributed by atoms with Crippen LogP contribution < -0.4 is 0 Å². The first-order chi connectivity index (χ1) is 11.1. The molecular formula is C16H24N4O3. The highest BCUT2D eigenvalue weighted by molar-refractivity contribution is 5.93. The average molecular weight is 320 g/mol. The minimum atomic E-state index is 0.0396. The van der Waals surface area contributed by atoms with E-state index >= 15 is 0 Å². The fourth-order valence-electron chi connectivity index (χ4n) is 3.05. The van der Waals surface area contributed by atoms with Gasteiger partial charge in [-0.2, -0.15) is 0 Å². The van der Waals surface area contributed by atoms with Crippen LogP contribution in [-0.4, -0.2) is 90.1 Å². The van der Waals surface area contributed by atoms with Crippen LogP contribution in [-0.2, 0) is 16.6 Å². The Morgan fingerprint density at radius 1 is 1.04 bits per heavy atom. The monoisotopic (exact) mass is 320 g/mol. The summed E-state index contributed by atoms with van der Waals surface area (Å²) in [5, 5.41) is 0. The normalized spacial score (nSPS) is 19.9. The van der Waals surface area contributed by atoms with Gasteiger partial charge in [0.25, 0.3) is 5.91 Å². The van der Waals surface area contributed by atoms with E-state index in [-0.39, 0.29) is 11.8 Å². The number of aryl methyl sites for hydroxylation is 1. The van der Waals surface area contributed by atoms with Crippen molar-refractivity contribution in [1.82, 2.24) is 19.3 Å². The predicted molar refractivity (Wildman–Crippen MR) is 85.2 cm³/mol. The van der Waals surface area contributed by atoms with Crippen LogP contribution in [0.5, 0.6) is 0 Å². The fraction of sp³-hybridized carbons (Fsp3) is 0.625. The summed E-state index contributed by atoms with van der Waals surface area (Å²) in [6.45, 7) is 5.90. The van der Waals surface area contributed by atoms with Gasteiger partial charge in [0.15, 0.2) is 0 Å². The number of amides is 2. The van der Waals surface area contributed by atoms with E-state index in [1.54, 1.807) is 0 Å². The molecular weight excluding hydrogens is 296 g/mol. The summed E-state index contributed by atoms with van der Waals surface area (Å²) in [5.74, 6) is 0.190. The van der Waals surface area contributed by atoms with Crippen LogP contribution in [0.1, 0.15) is 10.5 Å². The predicted octanol–water partition coefficient (Wildman–Crippen LogP) is -0.358. The van der Waals surface area contributed by atoms with Gasteiger partial charge in [-0.15, -0.1) is 0 Å². The van der Waals surface area contributed by atoms with Gasteiger partial charge in [-0.1, -0.05) is 0 Å². The molecule has 3 heterocycles. The summed E-state index contributed by atoms with van der Waals surface area (Å²) in [4.78, 5) is 30.6. The summed E-state index contributed by atoms with van der Waals surface area (Å²) in [6, 6.07) is 3.70. The molecule has 1 aromatic rings. The summed E-state index contributed by atoms with van der Waals surface area (Å²) in [6.07, 6.45) is 1.87. The van der Waals surface area contributed by atoms with Crippen molar-refractivity contribution in [2.45, 2.75) is 0 Å². The molecule has 3 rings (SSSR count). The van der Waals surface area contributed by atoms with E-state index < -0.39 is 0 Å². The molecule has 2 aliphatic rings. The zero-order valence-corrected chi connectivity index (χ0v) is 13.6. The van der Waals surface area contributed by atoms with Crippen molar-refractivity contribution in [3.05, 3.63) is 24.0 Å². The molecule has 0 radical (unpaired) electrons. The van der Waals surface area contributed by atoms with Gasteiger partial charge in [-0.25, -0.2) is 0 Å². The van der Waals surface area contributed by atoms with Crippen LogP contribution in [0.2, 0.25) is 0 Å². The first kappa shape index (κ1) is 16.0. The van der Waals surface area contributed by atoms with Crippen LogP contribution in [0.3, 0.4) is 0 Å². The smallest absolute Gasteiger partial charge is 0.270 e. The Balaban J connectivity index is 1.49. The molecule has 2 aliphatic heterocycles. The molecule has 2 amide bonds. The fourth-order valence-corrected chi connectivity index (χ4v) is 3.05. The van der Waals surface area contributed by atoms with Crippen molar-refractivity contribution in [3.63, 3.8) is 0 Å². The standard InChI is InChI=1S/C16H24N4O3/c1-17-4-2-3-14(17)16(22)20-7-5-19(6-8-20)15(21)13-18-9-11-23-12-10-18/h2-4H,5-13H2,1H3. The molecule has 0 N–H and O–H groups in total. The van der Waals surface area contributed by atoms with Crippen LogP contribution in [0.25, 0.3) is 0 Å². The highest BCUT2D eigenvalue weighted by atomic mass is 16.5. The zero-order chi connectivity index (χ0) is 16.2. The van der Waals surface area contributed by atoms with Crippen LogP contribution in [0.15, 0.2) is 18.3 Å². The molecule has 0 unspecified atom stereocenters. The topological polar surface area (TPSA) is 58.0 Å². The van der Waals surface area contributed by atoms with Gasteiger partial charge < -0.3 is 19.1 Å². The van der Waals surface area contributed by atoms with Crippen molar-refractivity contribution in [2.75, 3.05) is 59.0 Å². The minimum absolute atomic E-state index is 0.0396. The average Bonchev–Trinajstić information content (AvgIpc) is 3.01. The number of carbonyl (C=O) groups is 2. The Hall–Kier alpha value is -1.86. The first-order valence-corrected chi connectivity index (χ1v) is 8.13. The lowest BCUT2D eigenvalue weighted by Gasteiger charge is -2.36. The minimum Gasteiger partial charge on any atom is -0.379 e. The molecule has 23 heavy (non-hydrogen) atoms. The Morgan fingerprint density at radius 2 is 1.70 bits per heavy atom. The Morgan fingerprint density at radius 3 is 2.30 bits per heavy atom. The molecule has 0 bridgehead atoms. The van der Waals surface area contributed by atoms with E-state index in [2.05, 4.69) is 4.90 Å². The molecule has 0 aliphatic carbocycles. The quantitative estimate of drug-likeness (QED) is 0.763. The van der Waals surface area contributed by atoms with Crippen LogP contribution in [0.4, 0.5) is 0 Å². The van der Waals surface area contributed by atoms with E-state index in [0.29, 0.717) is 51.6 Å². The summed E-state index contributed by atoms with van der Waals surface area (Å²) in [7, 11) is 1.87. The van der Waals surface area contributed by atoms with Gasteiger partial charge in [-0.05, 0) is 12.1 Å². The van der Waals surface area contributed by atoms with Gasteiger partial charge in [0.1, 0.15) is 5.69 Å². The lowest BCUT2D eigenvalue weighted by atomic mass is 10.2. The molecule has 2 fully saturated rings. The van der Waals surface area contributed by atoms with Gasteiger partial charge in [-0.3, -0.25) is 14.5 Å². The third-order valence-corrected chi connectivity index (χ3v) is 4.55. The molecule has 7 nitrogen and oxygen atoms in total. The van der Waals surface area contributed by atoms with Gasteiger partial charge >= 0.3 is 0 Å². The van der Waals surface area contributed by atoms with E-state index in [9.17, 15) is 9.59 Å². The first-order valence-electron chi connectivity index (χ1n) is 8.13. The maximum atomic E-state index is 12.5. The number of ether oxygens (including phenoxy) is 1. The van der Waals surface area contributed by atoms with E-state index in [1.165, 1.54) is 0 Å². The van der Waals surface area contributed by atoms with Crippen molar-refractivity contribution < 1.29 is 14.3 Å². The van der Waals surface area contributed by atoms with Crippen LogP contribution in [0, 0.1) is 0 Å². The highest BCUT2D eigenvalue weighted by Gasteiger charge is 2.26. The van der Waals surface area contributed by atoms with Crippen LogP contribution >= 0.6 is 0 Å². The van der Waals surface area contributed by atoms with Crippen molar-refractivity contribution in [1.29, 1.82) is 0 Å². The molecule has 0 atom stereocenters. The largest absolute Gasteiger partial charge is 0.379 e. The van der Waals surface area contributed by atoms with Crippen molar-refractivity contribution in [3.8, 4) is 0 Å². The second-order valence-electron chi connectivity index (χ2n) is 6.07. The molecule has 0 aromatic carbocycles. The van der Waals surface area contributed by atoms with E-state index in [4.69, 9.17) is 4.74 Å². The van der Waals surface area contributed by atoms with Gasteiger partial charge in [0, 0.05) is 52.5 Å². The maximum absolute atomic E-state index is 12.5. The molecule has 7 heteroatoms. The van der Waals surface area contributed by atoms with E-state index in [0.717, 1.165) is 13.1 Å². The summed E-state index contributed by atoms with van der Waals surface area (Å²) < 4.78 is 7.13. The highest BCUT2D eigenvalue weighted by Crippen LogP contribution is 2.10. The second-order valence-corrected chi connectivity index (χ2v) is 6.07. The molecule has 1 aromatic heterocycles. The zero-order valence-electron chi connectivity index (χ0n) is 13.6. The van der Waals surface area contributed by atoms with Crippen molar-refractivity contribution >= 4 is 11.8 Å². The number of morpholine rings is 1. The number of piperazine rings is 1. The molecule has 2 saturated heterocycles. The lowest BCUT2D eigenvalue weighted by Crippen LogP contribution is -2.53. The molecule has 0 saturated carbocycles. The summed E-state index contributed by atoms with van der Waals surface area (Å²) in [5.41, 5.74) is 0.693. The number of rotatable bonds is 3. The maximum Gasteiger partial charge on any atom is 0.270 e. The lowest BCUT2D eigenvalue weighted by molar-refractivity contribution is -0.134. The molecule has 126 valence electrons. The third-order valence-electron chi connectivity index (χ3n) is 4.55. The number of nitrogens with zero attached hydrogens (tertiary/aromatic N) is 4. The Bertz CT molecular complexity index is 557. The van der Waals surface area contributed by atoms with Gasteiger partial charge in [0.2, 0.25) is 5.91 Å².